The van der Waals surface area contributed by atoms with E-state index in [9.17, 15) is 0 Å². The molecule has 2 aliphatic rings. The molecule has 2 aromatic rings. The molecule has 3 heteroatoms. The van der Waals surface area contributed by atoms with Crippen LogP contribution in [0.1, 0.15) is 36.6 Å². The molecule has 0 radical (unpaired) electrons. The number of alkyl halides is 1. The van der Waals surface area contributed by atoms with Crippen LogP contribution in [0.4, 0.5) is 0 Å². The molecule has 0 bridgehead atoms. The molecule has 0 fully saturated rings. The Balaban J connectivity index is 1.99. The minimum atomic E-state index is -0.179. The quantitative estimate of drug-likeness (QED) is 0.528. The Morgan fingerprint density at radius 1 is 1.29 bits per heavy atom. The fraction of sp³-hybridized carbons (Fsp3) is 0.333. The Morgan fingerprint density at radius 3 is 3.00 bits per heavy atom. The lowest BCUT2D eigenvalue weighted by molar-refractivity contribution is -0.522. The van der Waals surface area contributed by atoms with E-state index >= 15 is 0 Å². The van der Waals surface area contributed by atoms with E-state index in [1.807, 2.05) is 22.6 Å². The number of allylic oxidation sites excluding steroid dienone is 3. The van der Waals surface area contributed by atoms with E-state index in [1.165, 1.54) is 33.3 Å². The van der Waals surface area contributed by atoms with Crippen LogP contribution in [-0.4, -0.2) is 8.59 Å². The van der Waals surface area contributed by atoms with Gasteiger partial charge < -0.3 is 9.72 Å². The summed E-state index contributed by atoms with van der Waals surface area (Å²) in [6, 6.07) is 6.65. The summed E-state index contributed by atoms with van der Waals surface area (Å²) in [5.41, 5.74) is 6.53. The minimum absolute atomic E-state index is 0.179. The minimum Gasteiger partial charge on any atom is -0.446 e. The van der Waals surface area contributed by atoms with E-state index in [2.05, 4.69) is 49.2 Å². The van der Waals surface area contributed by atoms with Gasteiger partial charge in [0.05, 0.1) is 0 Å². The maximum atomic E-state index is 6.25. The lowest BCUT2D eigenvalue weighted by atomic mass is 9.98. The van der Waals surface area contributed by atoms with Crippen LogP contribution in [0.15, 0.2) is 36.1 Å². The highest BCUT2D eigenvalue weighted by molar-refractivity contribution is 5.98. The zero-order chi connectivity index (χ0) is 14.6. The Morgan fingerprint density at radius 2 is 2.14 bits per heavy atom. The molecule has 0 saturated carbocycles. The van der Waals surface area contributed by atoms with Crippen LogP contribution in [0, 0.1) is 6.92 Å². The molecular weight excluding hydrogens is 373 g/mol. The SMILES string of the molecule is Cc1ccc2[nH]c3c(c2c1)C1=C(CCC3)OC(C)([IH+])C=C1. The van der Waals surface area contributed by atoms with Gasteiger partial charge in [-0.15, -0.1) is 0 Å². The molecule has 1 aliphatic heterocycles. The van der Waals surface area contributed by atoms with Gasteiger partial charge >= 0.3 is 26.2 Å². The summed E-state index contributed by atoms with van der Waals surface area (Å²) in [4.78, 5) is 3.61. The highest BCUT2D eigenvalue weighted by Crippen LogP contribution is 2.39. The summed E-state index contributed by atoms with van der Waals surface area (Å²) >= 11 is 2.04. The molecule has 2 heterocycles. The van der Waals surface area contributed by atoms with Crippen molar-refractivity contribution >= 4 is 16.5 Å². The molecule has 0 spiro atoms. The lowest BCUT2D eigenvalue weighted by Gasteiger charge is -2.22. The van der Waals surface area contributed by atoms with Crippen molar-refractivity contribution in [1.29, 1.82) is 0 Å². The first-order chi connectivity index (χ1) is 10.0. The Labute approximate surface area is 138 Å². The van der Waals surface area contributed by atoms with Crippen LogP contribution in [0.5, 0.6) is 0 Å². The van der Waals surface area contributed by atoms with Gasteiger partial charge in [0.1, 0.15) is 5.76 Å². The van der Waals surface area contributed by atoms with E-state index in [0.717, 1.165) is 25.0 Å². The number of fused-ring (bicyclic) bond motifs is 4. The average molecular weight is 392 g/mol. The molecular formula is C18H19INO+. The van der Waals surface area contributed by atoms with Crippen molar-refractivity contribution < 1.29 is 27.3 Å². The summed E-state index contributed by atoms with van der Waals surface area (Å²) in [6.07, 6.45) is 7.71. The highest BCUT2D eigenvalue weighted by atomic mass is 127. The van der Waals surface area contributed by atoms with Crippen molar-refractivity contribution in [3.63, 3.8) is 0 Å². The number of benzene rings is 1. The zero-order valence-corrected chi connectivity index (χ0v) is 14.7. The Bertz CT molecular complexity index is 795. The number of hydrogen-bond donors (Lipinski definition) is 1. The van der Waals surface area contributed by atoms with Gasteiger partial charge in [-0.05, 0) is 38.0 Å². The Hall–Kier alpha value is -1.23. The van der Waals surface area contributed by atoms with E-state index in [4.69, 9.17) is 4.74 Å². The van der Waals surface area contributed by atoms with Crippen molar-refractivity contribution in [2.45, 2.75) is 36.7 Å². The van der Waals surface area contributed by atoms with Crippen LogP contribution >= 0.6 is 0 Å². The summed E-state index contributed by atoms with van der Waals surface area (Å²) in [5, 5.41) is 1.33. The van der Waals surface area contributed by atoms with Crippen molar-refractivity contribution in [3.05, 3.63) is 52.9 Å². The largest absolute Gasteiger partial charge is 0.446 e. The molecule has 0 saturated heterocycles. The van der Waals surface area contributed by atoms with Gasteiger partial charge in [-0.1, -0.05) is 11.6 Å². The molecule has 0 amide bonds. The first-order valence-electron chi connectivity index (χ1n) is 7.47. The first-order valence-corrected chi connectivity index (χ1v) is 8.63. The summed E-state index contributed by atoms with van der Waals surface area (Å²) in [6.45, 7) is 4.28. The standard InChI is InChI=1S/C18H19INO/c1-11-6-7-14-13(10-11)17-12-8-9-18(2,19)21-16(12)5-3-4-15(17)20-14/h6-10,19-20H,3-5H2,1-2H3/q+1. The van der Waals surface area contributed by atoms with Gasteiger partial charge in [0.25, 0.3) is 0 Å². The van der Waals surface area contributed by atoms with Gasteiger partial charge in [0, 0.05) is 47.2 Å². The van der Waals surface area contributed by atoms with Crippen LogP contribution in [-0.2, 0) is 11.2 Å². The highest BCUT2D eigenvalue weighted by Gasteiger charge is 2.35. The fourth-order valence-electron chi connectivity index (χ4n) is 3.35. The number of aryl methyl sites for hydroxylation is 2. The second kappa shape index (κ2) is 4.63. The number of aromatic nitrogens is 1. The van der Waals surface area contributed by atoms with Crippen LogP contribution in [0.25, 0.3) is 16.5 Å². The first kappa shape index (κ1) is 13.4. The molecule has 1 aromatic heterocycles. The maximum Gasteiger partial charge on any atom is 0.313 e. The number of rotatable bonds is 0. The second-order valence-corrected chi connectivity index (χ2v) is 8.48. The lowest BCUT2D eigenvalue weighted by Crippen LogP contribution is -3.43. The number of ether oxygens (including phenoxy) is 1. The number of hydrogen-bond acceptors (Lipinski definition) is 1. The van der Waals surface area contributed by atoms with E-state index < -0.39 is 0 Å². The molecule has 108 valence electrons. The zero-order valence-electron chi connectivity index (χ0n) is 12.3. The summed E-state index contributed by atoms with van der Waals surface area (Å²) in [5.74, 6) is 1.16. The second-order valence-electron chi connectivity index (χ2n) is 6.17. The maximum absolute atomic E-state index is 6.25. The topological polar surface area (TPSA) is 25.0 Å². The normalized spacial score (nSPS) is 24.5. The van der Waals surface area contributed by atoms with E-state index in [0.29, 0.717) is 0 Å². The third kappa shape index (κ3) is 2.22. The predicted octanol–water partition coefficient (Wildman–Crippen LogP) is 1.11. The molecule has 1 unspecified atom stereocenters. The van der Waals surface area contributed by atoms with Gasteiger partial charge in [-0.3, -0.25) is 0 Å². The number of nitrogens with one attached hydrogen (secondary N) is 1. The number of H-pyrrole nitrogens is 1. The molecule has 2 nitrogen and oxygen atoms in total. The smallest absolute Gasteiger partial charge is 0.313 e. The van der Waals surface area contributed by atoms with Crippen molar-refractivity contribution in [2.75, 3.05) is 0 Å². The number of aromatic amines is 1. The molecule has 21 heavy (non-hydrogen) atoms. The molecule has 1 atom stereocenters. The van der Waals surface area contributed by atoms with Gasteiger partial charge in [0.2, 0.25) is 0 Å². The summed E-state index contributed by atoms with van der Waals surface area (Å²) < 4.78 is 6.07. The van der Waals surface area contributed by atoms with Crippen molar-refractivity contribution in [3.8, 4) is 0 Å². The number of halogens is 1. The van der Waals surface area contributed by atoms with Gasteiger partial charge in [-0.25, -0.2) is 0 Å². The van der Waals surface area contributed by atoms with Crippen LogP contribution in [0.2, 0.25) is 0 Å². The fourth-order valence-corrected chi connectivity index (χ4v) is 3.83. The van der Waals surface area contributed by atoms with E-state index in [1.54, 1.807) is 0 Å². The Kier molecular flexibility index (Phi) is 2.96. The van der Waals surface area contributed by atoms with Gasteiger partial charge in [-0.2, -0.15) is 0 Å². The van der Waals surface area contributed by atoms with Crippen molar-refractivity contribution in [1.82, 2.24) is 4.98 Å². The third-order valence-electron chi connectivity index (χ3n) is 4.31. The van der Waals surface area contributed by atoms with Crippen molar-refractivity contribution in [2.24, 2.45) is 0 Å². The van der Waals surface area contributed by atoms with E-state index in [-0.39, 0.29) is 3.61 Å². The predicted molar refractivity (Wildman–Crippen MR) is 82.9 cm³/mol. The average Bonchev–Trinajstić information content (AvgIpc) is 2.67. The van der Waals surface area contributed by atoms with Gasteiger partial charge in [0.15, 0.2) is 0 Å². The molecule has 1 aromatic carbocycles. The van der Waals surface area contributed by atoms with Crippen LogP contribution < -0.4 is 22.6 Å². The molecule has 4 rings (SSSR count). The third-order valence-corrected chi connectivity index (χ3v) is 4.94. The monoisotopic (exact) mass is 392 g/mol. The summed E-state index contributed by atoms with van der Waals surface area (Å²) in [7, 11) is 0. The van der Waals surface area contributed by atoms with Crippen LogP contribution in [0.3, 0.4) is 0 Å². The molecule has 1 aliphatic carbocycles. The molecule has 1 N–H and O–H groups in total.